The lowest BCUT2D eigenvalue weighted by Crippen LogP contribution is -2.33. The summed E-state index contributed by atoms with van der Waals surface area (Å²) in [5.74, 6) is 3.03. The maximum atomic E-state index is 4.65. The largest absolute Gasteiger partial charge is 0.302 e. The van der Waals surface area contributed by atoms with E-state index in [0.29, 0.717) is 12.0 Å². The predicted octanol–water partition coefficient (Wildman–Crippen LogP) is 2.80. The quantitative estimate of drug-likeness (QED) is 0.637. The minimum atomic E-state index is 0.549. The summed E-state index contributed by atoms with van der Waals surface area (Å²) in [6.07, 6.45) is 1.21. The molecule has 0 aromatic heterocycles. The van der Waals surface area contributed by atoms with E-state index in [1.807, 2.05) is 11.9 Å². The molecule has 1 aliphatic rings. The van der Waals surface area contributed by atoms with Gasteiger partial charge in [-0.15, -0.1) is 0 Å². The van der Waals surface area contributed by atoms with Crippen LogP contribution in [0.15, 0.2) is 4.99 Å². The second-order valence-corrected chi connectivity index (χ2v) is 5.06. The third-order valence-corrected chi connectivity index (χ3v) is 3.38. The lowest BCUT2D eigenvalue weighted by atomic mass is 10.2. The molecular formula is C10H20N2S. The Labute approximate surface area is 85.9 Å². The van der Waals surface area contributed by atoms with Crippen molar-refractivity contribution in [1.29, 1.82) is 0 Å². The Morgan fingerprint density at radius 2 is 2.00 bits per heavy atom. The molecule has 1 aliphatic heterocycles. The van der Waals surface area contributed by atoms with E-state index in [0.717, 1.165) is 6.54 Å². The maximum Gasteiger partial charge on any atom is 0.112 e. The van der Waals surface area contributed by atoms with Gasteiger partial charge in [0, 0.05) is 24.3 Å². The smallest absolute Gasteiger partial charge is 0.112 e. The molecule has 2 nitrogen and oxygen atoms in total. The number of hydrogen-bond acceptors (Lipinski definition) is 3. The van der Waals surface area contributed by atoms with Gasteiger partial charge in [0.1, 0.15) is 5.84 Å². The Morgan fingerprint density at radius 1 is 1.31 bits per heavy atom. The first kappa shape index (κ1) is 10.9. The van der Waals surface area contributed by atoms with Gasteiger partial charge in [0.25, 0.3) is 0 Å². The summed E-state index contributed by atoms with van der Waals surface area (Å²) in [7, 11) is 0. The van der Waals surface area contributed by atoms with Gasteiger partial charge in [0.05, 0.1) is 0 Å². The zero-order valence-electron chi connectivity index (χ0n) is 9.08. The average molecular weight is 200 g/mol. The predicted molar refractivity (Wildman–Crippen MR) is 61.2 cm³/mol. The van der Waals surface area contributed by atoms with Crippen molar-refractivity contribution < 1.29 is 0 Å². The van der Waals surface area contributed by atoms with E-state index in [1.54, 1.807) is 0 Å². The third kappa shape index (κ3) is 2.90. The van der Waals surface area contributed by atoms with Crippen LogP contribution in [0.1, 0.15) is 34.1 Å². The molecule has 0 atom stereocenters. The average Bonchev–Trinajstić information content (AvgIpc) is 2.27. The van der Waals surface area contributed by atoms with Crippen LogP contribution in [0.5, 0.6) is 0 Å². The van der Waals surface area contributed by atoms with Gasteiger partial charge in [-0.05, 0) is 32.2 Å². The summed E-state index contributed by atoms with van der Waals surface area (Å²) >= 11 is 1.93. The van der Waals surface area contributed by atoms with Crippen LogP contribution in [-0.4, -0.2) is 28.5 Å². The van der Waals surface area contributed by atoms with Gasteiger partial charge in [0.15, 0.2) is 0 Å². The molecule has 0 amide bonds. The monoisotopic (exact) mass is 200 g/mol. The Hall–Kier alpha value is -0.180. The lowest BCUT2D eigenvalue weighted by molar-refractivity contribution is 0.524. The van der Waals surface area contributed by atoms with Crippen LogP contribution < -0.4 is 0 Å². The molecule has 76 valence electrons. The highest BCUT2D eigenvalue weighted by atomic mass is 32.2. The fourth-order valence-electron chi connectivity index (χ4n) is 1.41. The van der Waals surface area contributed by atoms with E-state index in [9.17, 15) is 0 Å². The van der Waals surface area contributed by atoms with E-state index >= 15 is 0 Å². The summed E-state index contributed by atoms with van der Waals surface area (Å²) < 4.78 is 2.37. The van der Waals surface area contributed by atoms with E-state index in [2.05, 4.69) is 37.0 Å². The molecule has 0 spiro atoms. The van der Waals surface area contributed by atoms with Gasteiger partial charge >= 0.3 is 0 Å². The van der Waals surface area contributed by atoms with Gasteiger partial charge in [-0.25, -0.2) is 0 Å². The molecule has 3 heteroatoms. The third-order valence-electron chi connectivity index (χ3n) is 2.02. The Morgan fingerprint density at radius 3 is 2.54 bits per heavy atom. The highest BCUT2D eigenvalue weighted by Crippen LogP contribution is 2.22. The van der Waals surface area contributed by atoms with E-state index < -0.39 is 0 Å². The van der Waals surface area contributed by atoms with Gasteiger partial charge in [-0.2, -0.15) is 0 Å². The number of rotatable bonds is 2. The summed E-state index contributed by atoms with van der Waals surface area (Å²) in [6.45, 7) is 9.91. The van der Waals surface area contributed by atoms with Gasteiger partial charge < -0.3 is 4.31 Å². The summed E-state index contributed by atoms with van der Waals surface area (Å²) in [5.41, 5.74) is 0. The van der Waals surface area contributed by atoms with Crippen LogP contribution in [0.4, 0.5) is 0 Å². The standard InChI is InChI=1S/C10H20N2S/c1-8(2)10-11-6-5-7-13-12(10)9(3)4/h8-9H,5-7H2,1-4H3. The molecule has 0 aromatic rings. The minimum Gasteiger partial charge on any atom is -0.302 e. The Balaban J connectivity index is 2.75. The summed E-state index contributed by atoms with van der Waals surface area (Å²) in [6, 6.07) is 0.559. The molecule has 0 aliphatic carbocycles. The normalized spacial score (nSPS) is 19.2. The molecule has 0 radical (unpaired) electrons. The van der Waals surface area contributed by atoms with Crippen LogP contribution in [0, 0.1) is 5.92 Å². The molecule has 13 heavy (non-hydrogen) atoms. The maximum absolute atomic E-state index is 4.65. The highest BCUT2D eigenvalue weighted by molar-refractivity contribution is 7.97. The van der Waals surface area contributed by atoms with Crippen LogP contribution in [0.2, 0.25) is 0 Å². The second kappa shape index (κ2) is 4.89. The Kier molecular flexibility index (Phi) is 4.10. The van der Waals surface area contributed by atoms with Crippen molar-refractivity contribution in [3.8, 4) is 0 Å². The van der Waals surface area contributed by atoms with Crippen molar-refractivity contribution >= 4 is 17.8 Å². The SMILES string of the molecule is CC(C)C1=NCCCSN1C(C)C. The fourth-order valence-corrected chi connectivity index (χ4v) is 2.56. The first-order chi connectivity index (χ1) is 6.13. The number of hydrogen-bond donors (Lipinski definition) is 0. The number of amidine groups is 1. The Bertz CT molecular complexity index is 187. The van der Waals surface area contributed by atoms with Gasteiger partial charge in [0.2, 0.25) is 0 Å². The molecule has 0 saturated carbocycles. The summed E-state index contributed by atoms with van der Waals surface area (Å²) in [5, 5.41) is 0. The number of aliphatic imine (C=N–C) groups is 1. The molecule has 0 bridgehead atoms. The number of nitrogens with zero attached hydrogens (tertiary/aromatic N) is 2. The first-order valence-electron chi connectivity index (χ1n) is 5.09. The fraction of sp³-hybridized carbons (Fsp3) is 0.900. The van der Waals surface area contributed by atoms with Crippen LogP contribution in [0.25, 0.3) is 0 Å². The van der Waals surface area contributed by atoms with Crippen molar-refractivity contribution in [1.82, 2.24) is 4.31 Å². The van der Waals surface area contributed by atoms with Crippen molar-refractivity contribution in [2.75, 3.05) is 12.3 Å². The van der Waals surface area contributed by atoms with E-state index in [4.69, 9.17) is 0 Å². The molecule has 0 N–H and O–H groups in total. The zero-order chi connectivity index (χ0) is 9.84. The topological polar surface area (TPSA) is 15.6 Å². The lowest BCUT2D eigenvalue weighted by Gasteiger charge is -2.29. The molecule has 0 unspecified atom stereocenters. The zero-order valence-corrected chi connectivity index (χ0v) is 9.90. The first-order valence-corrected chi connectivity index (χ1v) is 6.03. The van der Waals surface area contributed by atoms with Crippen molar-refractivity contribution in [2.45, 2.75) is 40.2 Å². The van der Waals surface area contributed by atoms with Crippen molar-refractivity contribution in [2.24, 2.45) is 10.9 Å². The van der Waals surface area contributed by atoms with Gasteiger partial charge in [-0.3, -0.25) is 4.99 Å². The summed E-state index contributed by atoms with van der Waals surface area (Å²) in [4.78, 5) is 4.65. The minimum absolute atomic E-state index is 0.549. The molecule has 0 aromatic carbocycles. The van der Waals surface area contributed by atoms with Crippen LogP contribution in [0.3, 0.4) is 0 Å². The molecule has 0 fully saturated rings. The van der Waals surface area contributed by atoms with Crippen molar-refractivity contribution in [3.63, 3.8) is 0 Å². The van der Waals surface area contributed by atoms with Crippen LogP contribution in [-0.2, 0) is 0 Å². The molecular weight excluding hydrogens is 180 g/mol. The van der Waals surface area contributed by atoms with Crippen molar-refractivity contribution in [3.05, 3.63) is 0 Å². The highest BCUT2D eigenvalue weighted by Gasteiger charge is 2.19. The van der Waals surface area contributed by atoms with Gasteiger partial charge in [-0.1, -0.05) is 13.8 Å². The van der Waals surface area contributed by atoms with E-state index in [1.165, 1.54) is 18.0 Å². The second-order valence-electron chi connectivity index (χ2n) is 4.00. The molecule has 1 rings (SSSR count). The van der Waals surface area contributed by atoms with Crippen LogP contribution >= 0.6 is 11.9 Å². The van der Waals surface area contributed by atoms with E-state index in [-0.39, 0.29) is 0 Å². The molecule has 0 saturated heterocycles. The molecule has 1 heterocycles.